The molecule has 0 unspecified atom stereocenters. The maximum Gasteiger partial charge on any atom is 0.417 e. The molecule has 0 saturated carbocycles. The van der Waals surface area contributed by atoms with Crippen LogP contribution in [0.5, 0.6) is 0 Å². The number of carbonyl (C=O) groups excluding carboxylic acids is 1. The van der Waals surface area contributed by atoms with Crippen LogP contribution in [0.3, 0.4) is 0 Å². The van der Waals surface area contributed by atoms with E-state index >= 15 is 0 Å². The molecule has 2 aromatic rings. The van der Waals surface area contributed by atoms with Gasteiger partial charge in [-0.3, -0.25) is 4.79 Å². The fourth-order valence-electron chi connectivity index (χ4n) is 2.44. The highest BCUT2D eigenvalue weighted by atomic mass is 35.5. The van der Waals surface area contributed by atoms with Crippen LogP contribution in [-0.4, -0.2) is 20.9 Å². The molecule has 0 heterocycles. The van der Waals surface area contributed by atoms with Crippen molar-refractivity contribution in [1.29, 1.82) is 0 Å². The third kappa shape index (κ3) is 5.70. The van der Waals surface area contributed by atoms with E-state index in [1.54, 1.807) is 6.07 Å². The van der Waals surface area contributed by atoms with E-state index in [2.05, 4.69) is 10.0 Å². The quantitative estimate of drug-likeness (QED) is 0.712. The van der Waals surface area contributed by atoms with Crippen LogP contribution in [0.25, 0.3) is 0 Å². The van der Waals surface area contributed by atoms with Crippen molar-refractivity contribution in [1.82, 2.24) is 4.72 Å². The van der Waals surface area contributed by atoms with Gasteiger partial charge in [0.2, 0.25) is 15.9 Å². The summed E-state index contributed by atoms with van der Waals surface area (Å²) >= 11 is 5.49. The summed E-state index contributed by atoms with van der Waals surface area (Å²) in [4.78, 5) is 11.4. The predicted molar refractivity (Wildman–Crippen MR) is 101 cm³/mol. The molecule has 152 valence electrons. The SMILES string of the molecule is Cc1ccc(NC(=O)CCNS(=O)(=O)c2ccc(Cl)c(C(F)(F)F)c2)c(C)c1. The van der Waals surface area contributed by atoms with Crippen molar-refractivity contribution in [3.63, 3.8) is 0 Å². The Labute approximate surface area is 166 Å². The summed E-state index contributed by atoms with van der Waals surface area (Å²) in [6, 6.07) is 7.74. The summed E-state index contributed by atoms with van der Waals surface area (Å²) in [5.74, 6) is -0.429. The Morgan fingerprint density at radius 3 is 2.39 bits per heavy atom. The van der Waals surface area contributed by atoms with Crippen molar-refractivity contribution >= 4 is 33.2 Å². The van der Waals surface area contributed by atoms with Crippen molar-refractivity contribution in [2.24, 2.45) is 0 Å². The van der Waals surface area contributed by atoms with Crippen molar-refractivity contribution in [2.45, 2.75) is 31.3 Å². The fraction of sp³-hybridized carbons (Fsp3) is 0.278. The highest BCUT2D eigenvalue weighted by molar-refractivity contribution is 7.89. The molecule has 0 atom stereocenters. The minimum absolute atomic E-state index is 0.188. The summed E-state index contributed by atoms with van der Waals surface area (Å²) in [6.07, 6.45) is -4.97. The number of amides is 1. The number of sulfonamides is 1. The van der Waals surface area contributed by atoms with Gasteiger partial charge in [0.1, 0.15) is 0 Å². The summed E-state index contributed by atoms with van der Waals surface area (Å²) in [6.45, 7) is 3.46. The number of halogens is 4. The third-order valence-electron chi connectivity index (χ3n) is 3.85. The Morgan fingerprint density at radius 1 is 1.11 bits per heavy atom. The Morgan fingerprint density at radius 2 is 1.79 bits per heavy atom. The summed E-state index contributed by atoms with van der Waals surface area (Å²) in [5, 5.41) is 2.06. The number of nitrogens with one attached hydrogen (secondary N) is 2. The molecule has 0 aliphatic heterocycles. The van der Waals surface area contributed by atoms with Crippen molar-refractivity contribution in [3.8, 4) is 0 Å². The monoisotopic (exact) mass is 434 g/mol. The van der Waals surface area contributed by atoms with Crippen LogP contribution < -0.4 is 10.0 Å². The minimum Gasteiger partial charge on any atom is -0.326 e. The van der Waals surface area contributed by atoms with Crippen LogP contribution in [-0.2, 0) is 21.0 Å². The lowest BCUT2D eigenvalue weighted by Crippen LogP contribution is -2.28. The van der Waals surface area contributed by atoms with Crippen LogP contribution >= 0.6 is 11.6 Å². The van der Waals surface area contributed by atoms with Gasteiger partial charge in [-0.05, 0) is 43.7 Å². The highest BCUT2D eigenvalue weighted by Crippen LogP contribution is 2.35. The molecule has 0 aliphatic carbocycles. The number of benzene rings is 2. The lowest BCUT2D eigenvalue weighted by molar-refractivity contribution is -0.137. The second-order valence-corrected chi connectivity index (χ2v) is 8.33. The maximum absolute atomic E-state index is 12.9. The van der Waals surface area contributed by atoms with Gasteiger partial charge in [0, 0.05) is 18.7 Å². The van der Waals surface area contributed by atoms with Gasteiger partial charge < -0.3 is 5.32 Å². The van der Waals surface area contributed by atoms with Gasteiger partial charge in [-0.2, -0.15) is 13.2 Å². The standard InChI is InChI=1S/C18H18ClF3N2O3S/c1-11-3-6-16(12(2)9-11)24-17(25)7-8-23-28(26,27)13-4-5-15(19)14(10-13)18(20,21)22/h3-6,9-10,23H,7-8H2,1-2H3,(H,24,25). The first-order valence-corrected chi connectivity index (χ1v) is 10.00. The first-order valence-electron chi connectivity index (χ1n) is 8.13. The van der Waals surface area contributed by atoms with Gasteiger partial charge in [-0.1, -0.05) is 29.3 Å². The van der Waals surface area contributed by atoms with Crippen molar-refractivity contribution < 1.29 is 26.4 Å². The molecular formula is C18H18ClF3N2O3S. The van der Waals surface area contributed by atoms with Crippen molar-refractivity contribution in [2.75, 3.05) is 11.9 Å². The Kier molecular flexibility index (Phi) is 6.74. The minimum atomic E-state index is -4.78. The van der Waals surface area contributed by atoms with Crippen LogP contribution in [0.15, 0.2) is 41.3 Å². The van der Waals surface area contributed by atoms with Gasteiger partial charge in [0.05, 0.1) is 15.5 Å². The number of anilines is 1. The van der Waals surface area contributed by atoms with E-state index in [1.807, 2.05) is 26.0 Å². The van der Waals surface area contributed by atoms with E-state index in [4.69, 9.17) is 11.6 Å². The van der Waals surface area contributed by atoms with E-state index in [0.717, 1.165) is 23.3 Å². The highest BCUT2D eigenvalue weighted by Gasteiger charge is 2.34. The number of rotatable bonds is 6. The molecule has 28 heavy (non-hydrogen) atoms. The largest absolute Gasteiger partial charge is 0.417 e. The number of hydrogen-bond acceptors (Lipinski definition) is 3. The van der Waals surface area contributed by atoms with Crippen LogP contribution in [0.1, 0.15) is 23.1 Å². The fourth-order valence-corrected chi connectivity index (χ4v) is 3.72. The Hall–Kier alpha value is -2.10. The maximum atomic E-state index is 12.9. The number of alkyl halides is 3. The molecule has 10 heteroatoms. The van der Waals surface area contributed by atoms with Gasteiger partial charge in [0.15, 0.2) is 0 Å². The van der Waals surface area contributed by atoms with Crippen LogP contribution in [0.2, 0.25) is 5.02 Å². The van der Waals surface area contributed by atoms with E-state index in [0.29, 0.717) is 11.8 Å². The normalized spacial score (nSPS) is 12.1. The van der Waals surface area contributed by atoms with Gasteiger partial charge in [-0.25, -0.2) is 13.1 Å². The van der Waals surface area contributed by atoms with E-state index < -0.39 is 37.6 Å². The molecule has 0 radical (unpaired) electrons. The lowest BCUT2D eigenvalue weighted by atomic mass is 10.1. The Balaban J connectivity index is 2.01. The predicted octanol–water partition coefficient (Wildman–Crippen LogP) is 4.28. The molecule has 0 spiro atoms. The number of carbonyl (C=O) groups is 1. The summed E-state index contributed by atoms with van der Waals surface area (Å²) < 4.78 is 65.2. The molecule has 0 fully saturated rings. The van der Waals surface area contributed by atoms with Gasteiger partial charge in [-0.15, -0.1) is 0 Å². The molecular weight excluding hydrogens is 417 g/mol. The third-order valence-corrected chi connectivity index (χ3v) is 5.64. The molecule has 2 rings (SSSR count). The summed E-state index contributed by atoms with van der Waals surface area (Å²) in [7, 11) is -4.23. The first kappa shape index (κ1) is 22.2. The van der Waals surface area contributed by atoms with E-state index in [9.17, 15) is 26.4 Å². The van der Waals surface area contributed by atoms with E-state index in [-0.39, 0.29) is 13.0 Å². The smallest absolute Gasteiger partial charge is 0.326 e. The first-order chi connectivity index (χ1) is 12.9. The zero-order valence-corrected chi connectivity index (χ0v) is 16.6. The number of hydrogen-bond donors (Lipinski definition) is 2. The zero-order valence-electron chi connectivity index (χ0n) is 15.0. The molecule has 2 N–H and O–H groups in total. The Bertz CT molecular complexity index is 992. The van der Waals surface area contributed by atoms with Crippen molar-refractivity contribution in [3.05, 3.63) is 58.1 Å². The molecule has 1 amide bonds. The molecule has 0 bridgehead atoms. The second-order valence-electron chi connectivity index (χ2n) is 6.15. The second kappa shape index (κ2) is 8.50. The molecule has 5 nitrogen and oxygen atoms in total. The van der Waals surface area contributed by atoms with Gasteiger partial charge in [0.25, 0.3) is 0 Å². The van der Waals surface area contributed by atoms with Gasteiger partial charge >= 0.3 is 6.18 Å². The lowest BCUT2D eigenvalue weighted by Gasteiger charge is -2.12. The topological polar surface area (TPSA) is 75.3 Å². The summed E-state index contributed by atoms with van der Waals surface area (Å²) in [5.41, 5.74) is 1.25. The molecule has 0 aromatic heterocycles. The van der Waals surface area contributed by atoms with Crippen LogP contribution in [0, 0.1) is 13.8 Å². The number of aryl methyl sites for hydroxylation is 2. The average molecular weight is 435 g/mol. The molecule has 0 saturated heterocycles. The van der Waals surface area contributed by atoms with E-state index in [1.165, 1.54) is 0 Å². The molecule has 2 aromatic carbocycles. The average Bonchev–Trinajstić information content (AvgIpc) is 2.56. The molecule has 0 aliphatic rings. The zero-order chi connectivity index (χ0) is 21.1. The van der Waals surface area contributed by atoms with Crippen LogP contribution in [0.4, 0.5) is 18.9 Å².